The van der Waals surface area contributed by atoms with Crippen molar-refractivity contribution in [1.29, 1.82) is 0 Å². The Bertz CT molecular complexity index is 280. The molecule has 0 aliphatic carbocycles. The molecule has 0 amide bonds. The first-order valence-electron chi connectivity index (χ1n) is 2.29. The van der Waals surface area contributed by atoms with Gasteiger partial charge in [0, 0.05) is 10.8 Å². The summed E-state index contributed by atoms with van der Waals surface area (Å²) in [6.07, 6.45) is 0. The van der Waals surface area contributed by atoms with Crippen molar-refractivity contribution in [2.75, 3.05) is 0 Å². The molecule has 0 aliphatic heterocycles. The van der Waals surface area contributed by atoms with E-state index in [0.717, 1.165) is 0 Å². The number of hydrogen-bond donors (Lipinski definition) is 0. The molecule has 0 N–H and O–H groups in total. The fraction of sp³-hybridized carbons (Fsp3) is 0. The Kier molecular flexibility index (Phi) is 10.3. The summed E-state index contributed by atoms with van der Waals surface area (Å²) in [6.45, 7) is 5.46. The summed E-state index contributed by atoms with van der Waals surface area (Å²) >= 11 is 0. The van der Waals surface area contributed by atoms with Gasteiger partial charge >= 0.3 is 16.5 Å². The molecule has 0 rings (SSSR count). The van der Waals surface area contributed by atoms with Crippen molar-refractivity contribution < 1.29 is 42.4 Å². The van der Waals surface area contributed by atoms with Crippen LogP contribution in [0.5, 0.6) is 0 Å². The van der Waals surface area contributed by atoms with E-state index in [1.807, 2.05) is 0 Å². The molecule has 0 aromatic carbocycles. The molecule has 0 aromatic heterocycles. The molecule has 0 radical (unpaired) electrons. The maximum Gasteiger partial charge on any atom is 2.00 e. The summed E-state index contributed by atoms with van der Waals surface area (Å²) < 4.78 is 56.0. The Morgan fingerprint density at radius 1 is 0.846 bits per heavy atom. The van der Waals surface area contributed by atoms with Crippen LogP contribution in [0, 0.1) is 0 Å². The molecule has 0 saturated carbocycles. The summed E-state index contributed by atoms with van der Waals surface area (Å²) in [5.41, 5.74) is 0. The van der Waals surface area contributed by atoms with Gasteiger partial charge in [0.15, 0.2) is 0 Å². The van der Waals surface area contributed by atoms with Crippen LogP contribution in [0.15, 0.2) is 24.0 Å². The van der Waals surface area contributed by atoms with Crippen LogP contribution in [0.1, 0.15) is 0 Å². The van der Waals surface area contributed by atoms with Gasteiger partial charge in [0.25, 0.3) is 0 Å². The Morgan fingerprint density at radius 3 is 0.923 bits per heavy atom. The molecule has 0 unspecified atom stereocenters. The zero-order valence-corrected chi connectivity index (χ0v) is 8.77. The van der Waals surface area contributed by atoms with Gasteiger partial charge in [-0.1, -0.05) is 13.2 Å². The second kappa shape index (κ2) is 7.22. The SMILES string of the molecule is C=CS(=O)(=O)[O-].C=CS(=O)(=O)[O-].[Ni+2]. The monoisotopic (exact) mass is 272 g/mol. The van der Waals surface area contributed by atoms with Crippen LogP contribution in [0.3, 0.4) is 0 Å². The second-order valence-electron chi connectivity index (χ2n) is 1.32. The van der Waals surface area contributed by atoms with Crippen LogP contribution < -0.4 is 0 Å². The first-order chi connectivity index (χ1) is 5.12. The molecule has 6 nitrogen and oxygen atoms in total. The first-order valence-corrected chi connectivity index (χ1v) is 5.23. The fourth-order valence-electron chi connectivity index (χ4n) is 0. The van der Waals surface area contributed by atoms with Gasteiger partial charge in [-0.3, -0.25) is 0 Å². The molecule has 13 heavy (non-hydrogen) atoms. The van der Waals surface area contributed by atoms with Crippen LogP contribution >= 0.6 is 0 Å². The molecule has 0 fully saturated rings. The van der Waals surface area contributed by atoms with E-state index < -0.39 is 20.2 Å². The molecule has 80 valence electrons. The van der Waals surface area contributed by atoms with Crippen LogP contribution in [0.4, 0.5) is 0 Å². The van der Waals surface area contributed by atoms with Gasteiger partial charge < -0.3 is 9.11 Å². The van der Waals surface area contributed by atoms with Gasteiger partial charge in [-0.2, -0.15) is 0 Å². The van der Waals surface area contributed by atoms with Crippen molar-refractivity contribution in [3.63, 3.8) is 0 Å². The summed E-state index contributed by atoms with van der Waals surface area (Å²) in [5, 5.41) is 0.708. The van der Waals surface area contributed by atoms with Crippen molar-refractivity contribution in [3.8, 4) is 0 Å². The Morgan fingerprint density at radius 2 is 0.923 bits per heavy atom. The van der Waals surface area contributed by atoms with Gasteiger partial charge in [-0.15, -0.1) is 0 Å². The molecular formula is C4H6NiO6S2. The van der Waals surface area contributed by atoms with Gasteiger partial charge in [0.05, 0.1) is 0 Å². The molecule has 0 aromatic rings. The summed E-state index contributed by atoms with van der Waals surface area (Å²) in [6, 6.07) is 0. The zero-order valence-electron chi connectivity index (χ0n) is 6.15. The molecule has 0 bridgehead atoms. The summed E-state index contributed by atoms with van der Waals surface area (Å²) in [7, 11) is -8.30. The third-order valence-corrected chi connectivity index (χ3v) is 1.22. The van der Waals surface area contributed by atoms with E-state index in [4.69, 9.17) is 0 Å². The first kappa shape index (κ1) is 18.6. The smallest absolute Gasteiger partial charge is 0.745 e. The minimum Gasteiger partial charge on any atom is -0.745 e. The minimum absolute atomic E-state index is 0. The minimum atomic E-state index is -4.15. The van der Waals surface area contributed by atoms with E-state index >= 15 is 0 Å². The average Bonchev–Trinajstić information content (AvgIpc) is 1.86. The Labute approximate surface area is 86.8 Å². The quantitative estimate of drug-likeness (QED) is 0.487. The second-order valence-corrected chi connectivity index (χ2v) is 3.96. The van der Waals surface area contributed by atoms with Crippen molar-refractivity contribution >= 4 is 20.2 Å². The van der Waals surface area contributed by atoms with Gasteiger partial charge in [-0.05, 0) is 0 Å². The number of hydrogen-bond acceptors (Lipinski definition) is 6. The maximum atomic E-state index is 9.33. The van der Waals surface area contributed by atoms with E-state index in [2.05, 4.69) is 13.2 Å². The molecular weight excluding hydrogens is 267 g/mol. The average molecular weight is 273 g/mol. The Balaban J connectivity index is -0.000000143. The van der Waals surface area contributed by atoms with Crippen molar-refractivity contribution in [2.24, 2.45) is 0 Å². The van der Waals surface area contributed by atoms with E-state index in [-0.39, 0.29) is 16.5 Å². The maximum absolute atomic E-state index is 9.33. The molecule has 0 saturated heterocycles. The summed E-state index contributed by atoms with van der Waals surface area (Å²) in [4.78, 5) is 0. The molecule has 0 spiro atoms. The third-order valence-electron chi connectivity index (χ3n) is 0.408. The van der Waals surface area contributed by atoms with Gasteiger partial charge in [-0.25, -0.2) is 16.8 Å². The fourth-order valence-corrected chi connectivity index (χ4v) is 0. The van der Waals surface area contributed by atoms with Crippen molar-refractivity contribution in [3.05, 3.63) is 24.0 Å². The van der Waals surface area contributed by atoms with Crippen LogP contribution in [-0.2, 0) is 36.7 Å². The van der Waals surface area contributed by atoms with Crippen LogP contribution in [0.2, 0.25) is 0 Å². The topological polar surface area (TPSA) is 114 Å². The molecule has 0 aliphatic rings. The standard InChI is InChI=1S/2C2H4O3S.Ni/c2*1-2-6(3,4)5;/h2*2H,1H2,(H,3,4,5);/q;;+2/p-2. The van der Waals surface area contributed by atoms with E-state index in [9.17, 15) is 25.9 Å². The van der Waals surface area contributed by atoms with Crippen molar-refractivity contribution in [1.82, 2.24) is 0 Å². The predicted molar refractivity (Wildman–Crippen MR) is 39.8 cm³/mol. The molecule has 9 heteroatoms. The predicted octanol–water partition coefficient (Wildman–Crippen LogP) is -0.652. The Hall–Kier alpha value is -0.206. The van der Waals surface area contributed by atoms with Crippen LogP contribution in [0.25, 0.3) is 0 Å². The third kappa shape index (κ3) is 33.7. The molecule has 0 atom stereocenters. The normalized spacial score (nSPS) is 10.0. The number of rotatable bonds is 2. The zero-order chi connectivity index (χ0) is 10.4. The van der Waals surface area contributed by atoms with Crippen LogP contribution in [-0.4, -0.2) is 25.9 Å². The van der Waals surface area contributed by atoms with E-state index in [1.54, 1.807) is 0 Å². The van der Waals surface area contributed by atoms with E-state index in [1.165, 1.54) is 0 Å². The molecule has 0 heterocycles. The van der Waals surface area contributed by atoms with Gasteiger partial charge in [0.1, 0.15) is 20.2 Å². The largest absolute Gasteiger partial charge is 2.00 e. The van der Waals surface area contributed by atoms with Gasteiger partial charge in [0.2, 0.25) is 0 Å². The summed E-state index contributed by atoms with van der Waals surface area (Å²) in [5.74, 6) is 0. The van der Waals surface area contributed by atoms with Crippen molar-refractivity contribution in [2.45, 2.75) is 0 Å². The van der Waals surface area contributed by atoms with E-state index in [0.29, 0.717) is 10.8 Å².